The van der Waals surface area contributed by atoms with E-state index in [1.54, 1.807) is 11.3 Å². The second-order valence-corrected chi connectivity index (χ2v) is 5.60. The Morgan fingerprint density at radius 1 is 1.05 bits per heavy atom. The number of phenolic OH excluding ortho intramolecular Hbond substituents is 1. The van der Waals surface area contributed by atoms with Crippen molar-refractivity contribution in [3.8, 4) is 16.2 Å². The number of anilines is 1. The van der Waals surface area contributed by atoms with Gasteiger partial charge in [0, 0.05) is 28.2 Å². The Labute approximate surface area is 126 Å². The fourth-order valence-corrected chi connectivity index (χ4v) is 2.94. The van der Waals surface area contributed by atoms with Crippen LogP contribution in [0.3, 0.4) is 0 Å². The molecule has 0 atom stereocenters. The van der Waals surface area contributed by atoms with Gasteiger partial charge in [0.05, 0.1) is 0 Å². The maximum absolute atomic E-state index is 13.2. The first-order valence-electron chi connectivity index (χ1n) is 6.58. The first kappa shape index (κ1) is 13.6. The van der Waals surface area contributed by atoms with E-state index in [2.05, 4.69) is 11.4 Å². The number of halogens is 1. The monoisotopic (exact) mass is 299 g/mol. The first-order valence-corrected chi connectivity index (χ1v) is 7.46. The van der Waals surface area contributed by atoms with Gasteiger partial charge >= 0.3 is 0 Å². The molecule has 0 aliphatic rings. The molecule has 3 rings (SSSR count). The average molecular weight is 299 g/mol. The van der Waals surface area contributed by atoms with Crippen LogP contribution < -0.4 is 5.32 Å². The van der Waals surface area contributed by atoms with Crippen LogP contribution >= 0.6 is 11.3 Å². The minimum atomic E-state index is -0.351. The van der Waals surface area contributed by atoms with Gasteiger partial charge in [-0.05, 0) is 35.7 Å². The Kier molecular flexibility index (Phi) is 3.88. The van der Waals surface area contributed by atoms with E-state index in [4.69, 9.17) is 0 Å². The van der Waals surface area contributed by atoms with Crippen molar-refractivity contribution in [1.29, 1.82) is 0 Å². The van der Waals surface area contributed by atoms with E-state index in [-0.39, 0.29) is 11.6 Å². The van der Waals surface area contributed by atoms with Crippen LogP contribution in [0.15, 0.2) is 60.0 Å². The Morgan fingerprint density at radius 2 is 1.90 bits per heavy atom. The Morgan fingerprint density at radius 3 is 2.71 bits per heavy atom. The molecule has 2 N–H and O–H groups in total. The second kappa shape index (κ2) is 5.97. The molecule has 0 fully saturated rings. The Balaban J connectivity index is 1.84. The van der Waals surface area contributed by atoms with E-state index in [0.717, 1.165) is 11.3 Å². The van der Waals surface area contributed by atoms with E-state index in [1.807, 2.05) is 35.7 Å². The normalized spacial score (nSPS) is 10.5. The van der Waals surface area contributed by atoms with Crippen LogP contribution in [0.1, 0.15) is 5.56 Å². The third-order valence-corrected chi connectivity index (χ3v) is 4.13. The number of aromatic hydroxyl groups is 1. The second-order valence-electron chi connectivity index (χ2n) is 4.65. The first-order chi connectivity index (χ1) is 10.2. The lowest BCUT2D eigenvalue weighted by molar-refractivity contribution is 0.466. The summed E-state index contributed by atoms with van der Waals surface area (Å²) in [5.41, 5.74) is 2.60. The predicted molar refractivity (Wildman–Crippen MR) is 85.1 cm³/mol. The van der Waals surface area contributed by atoms with Gasteiger partial charge in [-0.15, -0.1) is 11.3 Å². The lowest BCUT2D eigenvalue weighted by Crippen LogP contribution is -2.01. The van der Waals surface area contributed by atoms with Crippen molar-refractivity contribution < 1.29 is 9.50 Å². The number of nitrogens with one attached hydrogen (secondary N) is 1. The van der Waals surface area contributed by atoms with Gasteiger partial charge in [-0.2, -0.15) is 0 Å². The van der Waals surface area contributed by atoms with E-state index in [1.165, 1.54) is 23.1 Å². The maximum atomic E-state index is 13.2. The zero-order valence-corrected chi connectivity index (χ0v) is 12.0. The van der Waals surface area contributed by atoms with Gasteiger partial charge in [-0.3, -0.25) is 0 Å². The summed E-state index contributed by atoms with van der Waals surface area (Å²) < 4.78 is 13.2. The van der Waals surface area contributed by atoms with Gasteiger partial charge in [-0.1, -0.05) is 24.3 Å². The van der Waals surface area contributed by atoms with E-state index >= 15 is 0 Å². The van der Waals surface area contributed by atoms with Crippen LogP contribution in [0.5, 0.6) is 5.75 Å². The number of phenols is 1. The summed E-state index contributed by atoms with van der Waals surface area (Å²) in [4.78, 5) is 1.17. The molecule has 4 heteroatoms. The number of para-hydroxylation sites is 1. The fourth-order valence-electron chi connectivity index (χ4n) is 2.17. The predicted octanol–water partition coefficient (Wildman–Crippen LogP) is 4.87. The summed E-state index contributed by atoms with van der Waals surface area (Å²) in [6, 6.07) is 16.0. The highest BCUT2D eigenvalue weighted by atomic mass is 32.1. The summed E-state index contributed by atoms with van der Waals surface area (Å²) >= 11 is 1.67. The lowest BCUT2D eigenvalue weighted by Gasteiger charge is -2.12. The molecular weight excluding hydrogens is 285 g/mol. The van der Waals surface area contributed by atoms with Crippen LogP contribution in [0, 0.1) is 5.82 Å². The fraction of sp³-hybridized carbons (Fsp3) is 0.0588. The van der Waals surface area contributed by atoms with E-state index < -0.39 is 0 Å². The number of hydrogen-bond acceptors (Lipinski definition) is 3. The molecule has 0 radical (unpaired) electrons. The standard InChI is InChI=1S/C17H14FNOS/c18-13-7-8-16(20)12(10-13)11-19-15-5-2-1-4-14(15)17-6-3-9-21-17/h1-10,19-20H,11H2. The molecule has 0 bridgehead atoms. The van der Waals surface area contributed by atoms with E-state index in [9.17, 15) is 9.50 Å². The highest BCUT2D eigenvalue weighted by Gasteiger charge is 2.07. The minimum absolute atomic E-state index is 0.0949. The molecule has 2 aromatic carbocycles. The third-order valence-electron chi connectivity index (χ3n) is 3.22. The van der Waals surface area contributed by atoms with Crippen molar-refractivity contribution in [3.05, 3.63) is 71.4 Å². The minimum Gasteiger partial charge on any atom is -0.508 e. The average Bonchev–Trinajstić information content (AvgIpc) is 3.03. The maximum Gasteiger partial charge on any atom is 0.123 e. The van der Waals surface area contributed by atoms with Gasteiger partial charge in [-0.25, -0.2) is 4.39 Å². The molecule has 2 nitrogen and oxygen atoms in total. The molecule has 0 saturated heterocycles. The Hall–Kier alpha value is -2.33. The SMILES string of the molecule is Oc1ccc(F)cc1CNc1ccccc1-c1cccs1. The highest BCUT2D eigenvalue weighted by Crippen LogP contribution is 2.32. The molecule has 0 aliphatic carbocycles. The molecule has 0 spiro atoms. The van der Waals surface area contributed by atoms with Crippen molar-refractivity contribution in [1.82, 2.24) is 0 Å². The number of thiophene rings is 1. The zero-order chi connectivity index (χ0) is 14.7. The number of hydrogen-bond donors (Lipinski definition) is 2. The summed E-state index contributed by atoms with van der Waals surface area (Å²) in [6.07, 6.45) is 0. The zero-order valence-electron chi connectivity index (χ0n) is 11.2. The molecule has 0 saturated carbocycles. The summed E-state index contributed by atoms with van der Waals surface area (Å²) in [7, 11) is 0. The lowest BCUT2D eigenvalue weighted by atomic mass is 10.1. The van der Waals surface area contributed by atoms with Gasteiger partial charge in [0.1, 0.15) is 11.6 Å². The molecular formula is C17H14FNOS. The third kappa shape index (κ3) is 3.06. The largest absolute Gasteiger partial charge is 0.508 e. The Bertz CT molecular complexity index is 740. The van der Waals surface area contributed by atoms with E-state index in [0.29, 0.717) is 12.1 Å². The molecule has 0 amide bonds. The molecule has 0 unspecified atom stereocenters. The van der Waals surface area contributed by atoms with Gasteiger partial charge in [0.25, 0.3) is 0 Å². The number of rotatable bonds is 4. The molecule has 0 aliphatic heterocycles. The van der Waals surface area contributed by atoms with Gasteiger partial charge in [0.2, 0.25) is 0 Å². The molecule has 21 heavy (non-hydrogen) atoms. The quantitative estimate of drug-likeness (QED) is 0.720. The van der Waals surface area contributed by atoms with Crippen molar-refractivity contribution in [2.45, 2.75) is 6.54 Å². The van der Waals surface area contributed by atoms with Crippen LogP contribution in [-0.4, -0.2) is 5.11 Å². The molecule has 3 aromatic rings. The molecule has 1 aromatic heterocycles. The summed E-state index contributed by atoms with van der Waals surface area (Å²) in [5.74, 6) is -0.256. The smallest absolute Gasteiger partial charge is 0.123 e. The van der Waals surface area contributed by atoms with Crippen molar-refractivity contribution in [3.63, 3.8) is 0 Å². The molecule has 106 valence electrons. The van der Waals surface area contributed by atoms with Crippen LogP contribution in [0.25, 0.3) is 10.4 Å². The van der Waals surface area contributed by atoms with Crippen molar-refractivity contribution in [2.24, 2.45) is 0 Å². The van der Waals surface area contributed by atoms with Gasteiger partial charge in [0.15, 0.2) is 0 Å². The highest BCUT2D eigenvalue weighted by molar-refractivity contribution is 7.13. The topological polar surface area (TPSA) is 32.3 Å². The van der Waals surface area contributed by atoms with Crippen LogP contribution in [-0.2, 0) is 6.54 Å². The summed E-state index contributed by atoms with van der Waals surface area (Å²) in [5, 5.41) is 15.1. The van der Waals surface area contributed by atoms with Crippen LogP contribution in [0.4, 0.5) is 10.1 Å². The van der Waals surface area contributed by atoms with Crippen molar-refractivity contribution >= 4 is 17.0 Å². The van der Waals surface area contributed by atoms with Crippen molar-refractivity contribution in [2.75, 3.05) is 5.32 Å². The van der Waals surface area contributed by atoms with Crippen LogP contribution in [0.2, 0.25) is 0 Å². The molecule has 1 heterocycles. The summed E-state index contributed by atoms with van der Waals surface area (Å²) in [6.45, 7) is 0.367. The van der Waals surface area contributed by atoms with Gasteiger partial charge < -0.3 is 10.4 Å². The number of benzene rings is 2.